The molecule has 114 valence electrons. The lowest BCUT2D eigenvalue weighted by molar-refractivity contribution is 0.285. The van der Waals surface area contributed by atoms with Gasteiger partial charge in [0.15, 0.2) is 0 Å². The summed E-state index contributed by atoms with van der Waals surface area (Å²) in [5.74, 6) is 0.261. The Morgan fingerprint density at radius 2 is 2.14 bits per heavy atom. The first-order valence-corrected chi connectivity index (χ1v) is 9.29. The lowest BCUT2D eigenvalue weighted by atomic mass is 10.2. The number of rotatable bonds is 5. The van der Waals surface area contributed by atoms with Crippen LogP contribution in [0.3, 0.4) is 0 Å². The largest absolute Gasteiger partial charge is 0.486 e. The van der Waals surface area contributed by atoms with Crippen molar-refractivity contribution in [3.63, 3.8) is 0 Å². The van der Waals surface area contributed by atoms with E-state index in [1.807, 2.05) is 11.5 Å². The highest BCUT2D eigenvalue weighted by Gasteiger charge is 2.20. The molecule has 0 aliphatic rings. The Morgan fingerprint density at radius 1 is 1.43 bits per heavy atom. The number of ether oxygens (including phenoxy) is 1. The van der Waals surface area contributed by atoms with Gasteiger partial charge in [-0.2, -0.15) is 0 Å². The van der Waals surface area contributed by atoms with Crippen molar-refractivity contribution in [1.29, 1.82) is 0 Å². The molecule has 1 heterocycles. The number of hydrogen-bond acceptors (Lipinski definition) is 4. The molecule has 2 aromatic rings. The molecule has 5 nitrogen and oxygen atoms in total. The van der Waals surface area contributed by atoms with E-state index >= 15 is 0 Å². The predicted octanol–water partition coefficient (Wildman–Crippen LogP) is 3.48. The summed E-state index contributed by atoms with van der Waals surface area (Å²) >= 11 is 3.26. The molecule has 8 heteroatoms. The molecule has 0 atom stereocenters. The van der Waals surface area contributed by atoms with Crippen LogP contribution in [0.1, 0.15) is 18.2 Å². The summed E-state index contributed by atoms with van der Waals surface area (Å²) in [6.45, 7) is 4.74. The maximum absolute atomic E-state index is 11.7. The summed E-state index contributed by atoms with van der Waals surface area (Å²) in [6.07, 6.45) is 3.39. The Morgan fingerprint density at radius 3 is 2.76 bits per heavy atom. The van der Waals surface area contributed by atoms with Crippen molar-refractivity contribution in [3.05, 3.63) is 40.4 Å². The van der Waals surface area contributed by atoms with E-state index in [2.05, 4.69) is 20.9 Å². The first-order valence-electron chi connectivity index (χ1n) is 6.19. The topological polar surface area (TPSA) is 61.2 Å². The summed E-state index contributed by atoms with van der Waals surface area (Å²) in [7, 11) is 1.59. The molecule has 1 aromatic carbocycles. The van der Waals surface area contributed by atoms with E-state index in [1.165, 1.54) is 6.07 Å². The van der Waals surface area contributed by atoms with Crippen LogP contribution in [0.4, 0.5) is 0 Å². The highest BCUT2D eigenvalue weighted by molar-refractivity contribution is 9.10. The monoisotopic (exact) mass is 392 g/mol. The zero-order valence-electron chi connectivity index (χ0n) is 11.5. The third-order valence-electron chi connectivity index (χ3n) is 2.97. The number of benzene rings is 1. The van der Waals surface area contributed by atoms with Crippen molar-refractivity contribution in [2.45, 2.75) is 31.9 Å². The number of hydrogen-bond donors (Lipinski definition) is 0. The van der Waals surface area contributed by atoms with Gasteiger partial charge >= 0.3 is 0 Å². The van der Waals surface area contributed by atoms with Gasteiger partial charge in [-0.25, -0.2) is 13.4 Å². The minimum absolute atomic E-state index is 0.0430. The zero-order chi connectivity index (χ0) is 15.6. The van der Waals surface area contributed by atoms with Crippen molar-refractivity contribution in [1.82, 2.24) is 9.55 Å². The molecule has 0 amide bonds. The molecule has 0 aliphatic heterocycles. The molecular weight excluding hydrogens is 380 g/mol. The van der Waals surface area contributed by atoms with Crippen LogP contribution in [0.25, 0.3) is 0 Å². The highest BCUT2D eigenvalue weighted by Crippen LogP contribution is 2.34. The van der Waals surface area contributed by atoms with E-state index in [4.69, 9.17) is 15.4 Å². The molecule has 0 radical (unpaired) electrons. The quantitative estimate of drug-likeness (QED) is 0.730. The molecule has 0 unspecified atom stereocenters. The first kappa shape index (κ1) is 16.3. The fourth-order valence-electron chi connectivity index (χ4n) is 1.96. The van der Waals surface area contributed by atoms with E-state index in [9.17, 15) is 8.42 Å². The van der Waals surface area contributed by atoms with Gasteiger partial charge < -0.3 is 9.30 Å². The van der Waals surface area contributed by atoms with Crippen molar-refractivity contribution < 1.29 is 13.2 Å². The number of nitrogens with zero attached hydrogens (tertiary/aromatic N) is 2. The summed E-state index contributed by atoms with van der Waals surface area (Å²) in [5.41, 5.74) is 1.55. The fourth-order valence-corrected chi connectivity index (χ4v) is 3.74. The second kappa shape index (κ2) is 6.37. The van der Waals surface area contributed by atoms with Crippen LogP contribution >= 0.6 is 26.6 Å². The molecule has 21 heavy (non-hydrogen) atoms. The van der Waals surface area contributed by atoms with Gasteiger partial charge in [-0.1, -0.05) is 15.9 Å². The van der Waals surface area contributed by atoms with Crippen LogP contribution in [0.2, 0.25) is 0 Å². The second-order valence-corrected chi connectivity index (χ2v) is 7.90. The van der Waals surface area contributed by atoms with Gasteiger partial charge in [-0.05, 0) is 31.5 Å². The predicted molar refractivity (Wildman–Crippen MR) is 84.2 cm³/mol. The third-order valence-corrected chi connectivity index (χ3v) is 4.76. The van der Waals surface area contributed by atoms with Gasteiger partial charge in [-0.15, -0.1) is 0 Å². The highest BCUT2D eigenvalue weighted by atomic mass is 79.9. The average molecular weight is 394 g/mol. The SMILES string of the molecule is CCn1cncc1COc1c(C)cc(Br)cc1S(=O)(=O)Cl. The summed E-state index contributed by atoms with van der Waals surface area (Å²) in [5, 5.41) is 0. The van der Waals surface area contributed by atoms with E-state index in [0.29, 0.717) is 10.0 Å². The Labute approximate surface area is 136 Å². The molecule has 0 bridgehead atoms. The van der Waals surface area contributed by atoms with Crippen LogP contribution in [0.15, 0.2) is 34.0 Å². The third kappa shape index (κ3) is 3.78. The normalized spacial score (nSPS) is 11.6. The molecule has 0 saturated carbocycles. The van der Waals surface area contributed by atoms with Crippen LogP contribution < -0.4 is 4.74 Å². The first-order chi connectivity index (χ1) is 9.82. The standard InChI is InChI=1S/C13H14BrClN2O3S/c1-3-17-8-16-6-11(17)7-20-13-9(2)4-10(14)5-12(13)21(15,18)19/h4-6,8H,3,7H2,1-2H3. The Balaban J connectivity index is 2.36. The molecule has 0 spiro atoms. The number of aryl methyl sites for hydroxylation is 2. The average Bonchev–Trinajstić information content (AvgIpc) is 2.83. The minimum atomic E-state index is -3.89. The molecule has 0 fully saturated rings. The molecule has 1 aromatic heterocycles. The van der Waals surface area contributed by atoms with Crippen molar-refractivity contribution in [2.24, 2.45) is 0 Å². The molecular formula is C13H14BrClN2O3S. The van der Waals surface area contributed by atoms with Crippen molar-refractivity contribution in [2.75, 3.05) is 0 Å². The van der Waals surface area contributed by atoms with E-state index < -0.39 is 9.05 Å². The van der Waals surface area contributed by atoms with Crippen LogP contribution in [0, 0.1) is 6.92 Å². The number of aromatic nitrogens is 2. The lowest BCUT2D eigenvalue weighted by Gasteiger charge is -2.13. The van der Waals surface area contributed by atoms with E-state index in [1.54, 1.807) is 25.5 Å². The summed E-state index contributed by atoms with van der Waals surface area (Å²) < 4.78 is 31.6. The zero-order valence-corrected chi connectivity index (χ0v) is 14.7. The molecule has 0 saturated heterocycles. The Hall–Kier alpha value is -1.05. The second-order valence-electron chi connectivity index (χ2n) is 4.45. The smallest absolute Gasteiger partial charge is 0.265 e. The van der Waals surface area contributed by atoms with Gasteiger partial charge in [0, 0.05) is 21.7 Å². The number of imidazole rings is 1. The maximum Gasteiger partial charge on any atom is 0.265 e. The van der Waals surface area contributed by atoms with Gasteiger partial charge in [0.05, 0.1) is 18.2 Å². The minimum Gasteiger partial charge on any atom is -0.486 e. The van der Waals surface area contributed by atoms with E-state index in [0.717, 1.165) is 12.2 Å². The van der Waals surface area contributed by atoms with Gasteiger partial charge in [-0.3, -0.25) is 0 Å². The lowest BCUT2D eigenvalue weighted by Crippen LogP contribution is -2.07. The molecule has 0 N–H and O–H groups in total. The van der Waals surface area contributed by atoms with Gasteiger partial charge in [0.25, 0.3) is 9.05 Å². The fraction of sp³-hybridized carbons (Fsp3) is 0.308. The van der Waals surface area contributed by atoms with Crippen LogP contribution in [-0.4, -0.2) is 18.0 Å². The van der Waals surface area contributed by atoms with Crippen molar-refractivity contribution >= 4 is 35.7 Å². The number of halogens is 2. The van der Waals surface area contributed by atoms with E-state index in [-0.39, 0.29) is 17.3 Å². The maximum atomic E-state index is 11.7. The molecule has 0 aliphatic carbocycles. The molecule has 2 rings (SSSR count). The Bertz CT molecular complexity index is 759. The van der Waals surface area contributed by atoms with Crippen molar-refractivity contribution in [3.8, 4) is 5.75 Å². The van der Waals surface area contributed by atoms with Crippen LogP contribution in [-0.2, 0) is 22.2 Å². The Kier molecular flexibility index (Phi) is 4.95. The van der Waals surface area contributed by atoms with Gasteiger partial charge in [0.2, 0.25) is 0 Å². The summed E-state index contributed by atoms with van der Waals surface area (Å²) in [4.78, 5) is 4.00. The van der Waals surface area contributed by atoms with Gasteiger partial charge in [0.1, 0.15) is 17.3 Å². The van der Waals surface area contributed by atoms with Crippen LogP contribution in [0.5, 0.6) is 5.75 Å². The summed E-state index contributed by atoms with van der Waals surface area (Å²) in [6, 6.07) is 3.21.